The van der Waals surface area contributed by atoms with Crippen molar-refractivity contribution in [3.63, 3.8) is 0 Å². The molecule has 138 valence electrons. The molecule has 0 spiro atoms. The van der Waals surface area contributed by atoms with E-state index in [4.69, 9.17) is 11.0 Å². The van der Waals surface area contributed by atoms with Gasteiger partial charge in [-0.3, -0.25) is 4.79 Å². The van der Waals surface area contributed by atoms with Crippen LogP contribution in [-0.4, -0.2) is 50.7 Å². The van der Waals surface area contributed by atoms with Gasteiger partial charge in [-0.05, 0) is 41.9 Å². The lowest BCUT2D eigenvalue weighted by Gasteiger charge is -2.33. The summed E-state index contributed by atoms with van der Waals surface area (Å²) in [6, 6.07) is 6.02. The minimum Gasteiger partial charge on any atom is -0.322 e. The molecule has 0 unspecified atom stereocenters. The summed E-state index contributed by atoms with van der Waals surface area (Å²) >= 11 is 1.52. The van der Waals surface area contributed by atoms with Gasteiger partial charge >= 0.3 is 0 Å². The van der Waals surface area contributed by atoms with Crippen LogP contribution in [0.3, 0.4) is 0 Å². The third-order valence-electron chi connectivity index (χ3n) is 4.63. The van der Waals surface area contributed by atoms with E-state index in [-0.39, 0.29) is 18.9 Å². The number of benzene rings is 1. The highest BCUT2D eigenvalue weighted by molar-refractivity contribution is 7.99. The van der Waals surface area contributed by atoms with Crippen LogP contribution in [0.4, 0.5) is 4.39 Å². The van der Waals surface area contributed by atoms with E-state index in [1.807, 2.05) is 38.1 Å². The second-order valence-electron chi connectivity index (χ2n) is 6.93. The van der Waals surface area contributed by atoms with Gasteiger partial charge in [-0.2, -0.15) is 5.26 Å². The average molecular weight is 377 g/mol. The molecule has 1 aromatic heterocycles. The zero-order chi connectivity index (χ0) is 18.9. The van der Waals surface area contributed by atoms with E-state index in [0.29, 0.717) is 16.8 Å². The van der Waals surface area contributed by atoms with Crippen LogP contribution in [0.25, 0.3) is 11.0 Å². The second-order valence-corrected chi connectivity index (χ2v) is 8.56. The summed E-state index contributed by atoms with van der Waals surface area (Å²) in [7, 11) is 0. The molecule has 3 rings (SSSR count). The van der Waals surface area contributed by atoms with Gasteiger partial charge in [-0.15, -0.1) is 11.8 Å². The minimum atomic E-state index is -1.17. The first-order valence-corrected chi connectivity index (χ1v) is 9.25. The number of thioether (sulfide) groups is 1. The predicted molar refractivity (Wildman–Crippen MR) is 95.8 cm³/mol. The monoisotopic (exact) mass is 377 g/mol. The summed E-state index contributed by atoms with van der Waals surface area (Å²) in [5.41, 5.74) is 8.55. The number of nitrogens with two attached hydrogens (primary N) is 1. The van der Waals surface area contributed by atoms with Gasteiger partial charge < -0.3 is 10.6 Å². The molecule has 0 bridgehead atoms. The van der Waals surface area contributed by atoms with Gasteiger partial charge in [-0.1, -0.05) is 6.07 Å². The van der Waals surface area contributed by atoms with Gasteiger partial charge in [0.05, 0.1) is 18.7 Å². The van der Waals surface area contributed by atoms with Crippen molar-refractivity contribution >= 4 is 28.7 Å². The Morgan fingerprint density at radius 1 is 1.54 bits per heavy atom. The predicted octanol–water partition coefficient (Wildman–Crippen LogP) is 2.02. The quantitative estimate of drug-likeness (QED) is 0.849. The van der Waals surface area contributed by atoms with Gasteiger partial charge in [0, 0.05) is 16.9 Å². The van der Waals surface area contributed by atoms with Crippen LogP contribution in [0, 0.1) is 11.3 Å². The number of hydrogen-bond donors (Lipinski definition) is 1. The smallest absolute Gasteiger partial charge is 0.242 e. The summed E-state index contributed by atoms with van der Waals surface area (Å²) in [6.45, 7) is 3.68. The normalized spacial score (nSPS) is 21.7. The Balaban J connectivity index is 1.66. The lowest BCUT2D eigenvalue weighted by molar-refractivity contribution is -0.133. The van der Waals surface area contributed by atoms with Gasteiger partial charge in [0.2, 0.25) is 5.91 Å². The number of aromatic nitrogens is 2. The number of carbonyl (C=O) groups excluding carboxylic acids is 1. The van der Waals surface area contributed by atoms with Gasteiger partial charge in [-0.25, -0.2) is 9.02 Å². The number of hydrogen-bond acceptors (Lipinski definition) is 7. The van der Waals surface area contributed by atoms with Gasteiger partial charge in [0.1, 0.15) is 23.2 Å². The molecule has 2 aromatic rings. The Morgan fingerprint density at radius 3 is 3.00 bits per heavy atom. The maximum absolute atomic E-state index is 13.6. The Hall–Kier alpha value is -2.18. The summed E-state index contributed by atoms with van der Waals surface area (Å²) in [4.78, 5) is 14.0. The molecule has 0 aliphatic carbocycles. The average Bonchev–Trinajstić information content (AvgIpc) is 3.24. The lowest BCUT2D eigenvalue weighted by Crippen LogP contribution is -2.54. The van der Waals surface area contributed by atoms with E-state index < -0.39 is 23.0 Å². The molecule has 0 saturated carbocycles. The van der Waals surface area contributed by atoms with Crippen LogP contribution in [-0.2, 0) is 10.5 Å². The van der Waals surface area contributed by atoms with E-state index in [2.05, 4.69) is 14.9 Å². The minimum absolute atomic E-state index is 0.0499. The lowest BCUT2D eigenvalue weighted by atomic mass is 10.0. The standard InChI is InChI=1S/C17H20FN5O2S/c1-17(2,15(20)16(24)23-8-11(18)6-12(23)7-19)26-9-10-3-4-13-14(5-10)22-25-21-13/h3-5,11-12,15H,6,8-9,20H2,1-2H3/t11-,12-,15+/m0/s1. The molecule has 0 radical (unpaired) electrons. The summed E-state index contributed by atoms with van der Waals surface area (Å²) in [6.07, 6.45) is -1.12. The fourth-order valence-electron chi connectivity index (χ4n) is 2.90. The van der Waals surface area contributed by atoms with Crippen molar-refractivity contribution in [1.29, 1.82) is 5.26 Å². The Kier molecular flexibility index (Phi) is 5.16. The van der Waals surface area contributed by atoms with Crippen molar-refractivity contribution < 1.29 is 13.8 Å². The van der Waals surface area contributed by atoms with Crippen molar-refractivity contribution in [3.05, 3.63) is 23.8 Å². The Labute approximate surface area is 154 Å². The van der Waals surface area contributed by atoms with Crippen LogP contribution in [0.1, 0.15) is 25.8 Å². The van der Waals surface area contributed by atoms with E-state index in [1.165, 1.54) is 16.7 Å². The van der Waals surface area contributed by atoms with Crippen LogP contribution in [0.2, 0.25) is 0 Å². The molecular weight excluding hydrogens is 357 g/mol. The van der Waals surface area contributed by atoms with Crippen LogP contribution < -0.4 is 5.73 Å². The molecule has 7 nitrogen and oxygen atoms in total. The molecule has 3 atom stereocenters. The maximum Gasteiger partial charge on any atom is 0.242 e. The molecular formula is C17H20FN5O2S. The molecule has 2 heterocycles. The largest absolute Gasteiger partial charge is 0.322 e. The van der Waals surface area contributed by atoms with Gasteiger partial charge in [0.25, 0.3) is 0 Å². The number of likely N-dealkylation sites (tertiary alicyclic amines) is 1. The summed E-state index contributed by atoms with van der Waals surface area (Å²) in [5.74, 6) is 0.231. The highest BCUT2D eigenvalue weighted by Crippen LogP contribution is 2.33. The zero-order valence-electron chi connectivity index (χ0n) is 14.6. The SMILES string of the molecule is CC(C)(SCc1ccc2nonc2c1)[C@H](N)C(=O)N1C[C@@H](F)C[C@H]1C#N. The van der Waals surface area contributed by atoms with Crippen molar-refractivity contribution in [2.24, 2.45) is 5.73 Å². The van der Waals surface area contributed by atoms with Crippen molar-refractivity contribution in [3.8, 4) is 6.07 Å². The number of alkyl halides is 1. The molecule has 1 aliphatic rings. The number of fused-ring (bicyclic) bond motifs is 1. The third-order valence-corrected chi connectivity index (χ3v) is 6.10. The fraction of sp³-hybridized carbons (Fsp3) is 0.529. The van der Waals surface area contributed by atoms with E-state index in [0.717, 1.165) is 5.56 Å². The van der Waals surface area contributed by atoms with Crippen LogP contribution >= 0.6 is 11.8 Å². The zero-order valence-corrected chi connectivity index (χ0v) is 15.4. The molecule has 26 heavy (non-hydrogen) atoms. The summed E-state index contributed by atoms with van der Waals surface area (Å²) in [5, 5.41) is 16.7. The molecule has 1 aliphatic heterocycles. The van der Waals surface area contributed by atoms with Crippen molar-refractivity contribution in [2.45, 2.75) is 49.0 Å². The third kappa shape index (κ3) is 3.66. The first kappa shape index (κ1) is 18.6. The first-order valence-electron chi connectivity index (χ1n) is 8.26. The first-order chi connectivity index (χ1) is 12.3. The van der Waals surface area contributed by atoms with Crippen LogP contribution in [0.5, 0.6) is 0 Å². The number of carbonyl (C=O) groups is 1. The number of nitrogens with zero attached hydrogens (tertiary/aromatic N) is 4. The van der Waals surface area contributed by atoms with Crippen molar-refractivity contribution in [1.82, 2.24) is 15.2 Å². The summed E-state index contributed by atoms with van der Waals surface area (Å²) < 4.78 is 17.7. The topological polar surface area (TPSA) is 109 Å². The van der Waals surface area contributed by atoms with Crippen molar-refractivity contribution in [2.75, 3.05) is 6.54 Å². The fourth-order valence-corrected chi connectivity index (χ4v) is 3.90. The van der Waals surface area contributed by atoms with Crippen LogP contribution in [0.15, 0.2) is 22.8 Å². The molecule has 1 aromatic carbocycles. The number of rotatable bonds is 5. The van der Waals surface area contributed by atoms with Gasteiger partial charge in [0.15, 0.2) is 0 Å². The Morgan fingerprint density at radius 2 is 2.27 bits per heavy atom. The molecule has 2 N–H and O–H groups in total. The molecule has 1 amide bonds. The van der Waals surface area contributed by atoms with E-state index in [9.17, 15) is 9.18 Å². The second kappa shape index (κ2) is 7.21. The number of halogens is 1. The molecule has 1 fully saturated rings. The Bertz CT molecular complexity index is 849. The van der Waals surface area contributed by atoms with E-state index in [1.54, 1.807) is 0 Å². The molecule has 9 heteroatoms. The van der Waals surface area contributed by atoms with E-state index >= 15 is 0 Å². The number of nitriles is 1. The number of amides is 1. The highest BCUT2D eigenvalue weighted by atomic mass is 32.2. The molecule has 1 saturated heterocycles. The maximum atomic E-state index is 13.6. The highest BCUT2D eigenvalue weighted by Gasteiger charge is 2.42.